The van der Waals surface area contributed by atoms with Gasteiger partial charge in [-0.25, -0.2) is 9.78 Å². The van der Waals surface area contributed by atoms with Gasteiger partial charge in [0.1, 0.15) is 10.6 Å². The van der Waals surface area contributed by atoms with Crippen LogP contribution < -0.4 is 5.32 Å². The molecule has 0 saturated carbocycles. The molecule has 5 nitrogen and oxygen atoms in total. The summed E-state index contributed by atoms with van der Waals surface area (Å²) >= 11 is 1.54. The number of aryl methyl sites for hydroxylation is 2. The van der Waals surface area contributed by atoms with Crippen LogP contribution in [0.2, 0.25) is 0 Å². The molecule has 0 aromatic carbocycles. The number of hydrogen-bond acceptors (Lipinski definition) is 5. The minimum absolute atomic E-state index is 0.209. The number of carbonyl (C=O) groups is 1. The van der Waals surface area contributed by atoms with Gasteiger partial charge in [0.25, 0.3) is 0 Å². The molecular formula is C14H17N3O2S. The van der Waals surface area contributed by atoms with Gasteiger partial charge in [-0.05, 0) is 33.8 Å². The van der Waals surface area contributed by atoms with E-state index in [0.717, 1.165) is 10.7 Å². The van der Waals surface area contributed by atoms with Crippen molar-refractivity contribution in [3.63, 3.8) is 0 Å². The number of anilines is 1. The molecule has 2 rings (SSSR count). The summed E-state index contributed by atoms with van der Waals surface area (Å²) in [5.74, 6) is -0.979. The SMILES string of the molecule is Cc1cc(NC(C)(C)c2nccs2)c(C(=O)O)c(C)n1. The van der Waals surface area contributed by atoms with Crippen molar-refractivity contribution in [1.29, 1.82) is 0 Å². The van der Waals surface area contributed by atoms with E-state index in [2.05, 4.69) is 15.3 Å². The van der Waals surface area contributed by atoms with Crippen molar-refractivity contribution in [1.82, 2.24) is 9.97 Å². The average molecular weight is 291 g/mol. The third-order valence-electron chi connectivity index (χ3n) is 2.96. The van der Waals surface area contributed by atoms with E-state index < -0.39 is 11.5 Å². The second-order valence-corrected chi connectivity index (χ2v) is 6.06. The number of pyridine rings is 1. The summed E-state index contributed by atoms with van der Waals surface area (Å²) in [4.78, 5) is 19.9. The van der Waals surface area contributed by atoms with Crippen LogP contribution in [0.5, 0.6) is 0 Å². The van der Waals surface area contributed by atoms with Crippen molar-refractivity contribution in [2.24, 2.45) is 0 Å². The largest absolute Gasteiger partial charge is 0.478 e. The Bertz CT molecular complexity index is 636. The van der Waals surface area contributed by atoms with Crippen LogP contribution in [0, 0.1) is 13.8 Å². The van der Waals surface area contributed by atoms with Crippen LogP contribution in [-0.4, -0.2) is 21.0 Å². The van der Waals surface area contributed by atoms with E-state index in [9.17, 15) is 9.90 Å². The normalized spacial score (nSPS) is 11.4. The molecule has 0 spiro atoms. The van der Waals surface area contributed by atoms with Gasteiger partial charge < -0.3 is 10.4 Å². The number of aromatic carboxylic acids is 1. The summed E-state index contributed by atoms with van der Waals surface area (Å²) in [5, 5.41) is 15.5. The fraction of sp³-hybridized carbons (Fsp3) is 0.357. The predicted octanol–water partition coefficient (Wildman–Crippen LogP) is 3.20. The summed E-state index contributed by atoms with van der Waals surface area (Å²) < 4.78 is 0. The summed E-state index contributed by atoms with van der Waals surface area (Å²) in [6.45, 7) is 7.50. The van der Waals surface area contributed by atoms with Crippen LogP contribution >= 0.6 is 11.3 Å². The predicted molar refractivity (Wildman–Crippen MR) is 79.4 cm³/mol. The van der Waals surface area contributed by atoms with Crippen LogP contribution in [-0.2, 0) is 5.54 Å². The zero-order valence-corrected chi connectivity index (χ0v) is 12.7. The Hall–Kier alpha value is -1.95. The average Bonchev–Trinajstić information content (AvgIpc) is 2.79. The lowest BCUT2D eigenvalue weighted by Crippen LogP contribution is -2.29. The van der Waals surface area contributed by atoms with Crippen LogP contribution in [0.4, 0.5) is 5.69 Å². The molecule has 6 heteroatoms. The van der Waals surface area contributed by atoms with Gasteiger partial charge in [0.05, 0.1) is 16.9 Å². The molecule has 0 saturated heterocycles. The van der Waals surface area contributed by atoms with Crippen molar-refractivity contribution in [3.8, 4) is 0 Å². The molecule has 0 fully saturated rings. The Morgan fingerprint density at radius 1 is 1.40 bits per heavy atom. The second-order valence-electron chi connectivity index (χ2n) is 5.16. The Morgan fingerprint density at radius 3 is 2.65 bits per heavy atom. The maximum absolute atomic E-state index is 11.4. The molecule has 2 aromatic heterocycles. The smallest absolute Gasteiger partial charge is 0.339 e. The molecule has 0 radical (unpaired) electrons. The summed E-state index contributed by atoms with van der Waals surface area (Å²) in [7, 11) is 0. The minimum Gasteiger partial charge on any atom is -0.478 e. The van der Waals surface area contributed by atoms with Crippen molar-refractivity contribution in [2.45, 2.75) is 33.2 Å². The van der Waals surface area contributed by atoms with Gasteiger partial charge in [-0.15, -0.1) is 11.3 Å². The van der Waals surface area contributed by atoms with E-state index >= 15 is 0 Å². The highest BCUT2D eigenvalue weighted by atomic mass is 32.1. The van der Waals surface area contributed by atoms with Gasteiger partial charge in [-0.1, -0.05) is 0 Å². The zero-order valence-electron chi connectivity index (χ0n) is 11.9. The van der Waals surface area contributed by atoms with Crippen molar-refractivity contribution in [3.05, 3.63) is 39.6 Å². The maximum atomic E-state index is 11.4. The first-order chi connectivity index (χ1) is 9.31. The van der Waals surface area contributed by atoms with Gasteiger partial charge >= 0.3 is 5.97 Å². The van der Waals surface area contributed by atoms with E-state index in [4.69, 9.17) is 0 Å². The fourth-order valence-corrected chi connectivity index (χ4v) is 2.84. The number of hydrogen-bond donors (Lipinski definition) is 2. The van der Waals surface area contributed by atoms with Gasteiger partial charge in [0.15, 0.2) is 0 Å². The summed E-state index contributed by atoms with van der Waals surface area (Å²) in [5.41, 5.74) is 1.63. The first-order valence-electron chi connectivity index (χ1n) is 6.21. The highest BCUT2D eigenvalue weighted by Crippen LogP contribution is 2.30. The molecule has 2 aromatic rings. The van der Waals surface area contributed by atoms with E-state index in [-0.39, 0.29) is 5.56 Å². The van der Waals surface area contributed by atoms with E-state index in [1.54, 1.807) is 19.2 Å². The summed E-state index contributed by atoms with van der Waals surface area (Å²) in [6, 6.07) is 1.76. The molecule has 0 atom stereocenters. The molecule has 2 N–H and O–H groups in total. The Labute approximate surface area is 121 Å². The zero-order chi connectivity index (χ0) is 14.9. The molecule has 0 bridgehead atoms. The van der Waals surface area contributed by atoms with Crippen LogP contribution in [0.25, 0.3) is 0 Å². The Morgan fingerprint density at radius 2 is 2.10 bits per heavy atom. The maximum Gasteiger partial charge on any atom is 0.339 e. The molecule has 0 amide bonds. The lowest BCUT2D eigenvalue weighted by molar-refractivity contribution is 0.0696. The number of aromatic nitrogens is 2. The number of nitrogens with zero attached hydrogens (tertiary/aromatic N) is 2. The first-order valence-corrected chi connectivity index (χ1v) is 7.09. The minimum atomic E-state index is -0.979. The number of rotatable bonds is 4. The van der Waals surface area contributed by atoms with Crippen molar-refractivity contribution < 1.29 is 9.90 Å². The lowest BCUT2D eigenvalue weighted by atomic mass is 10.0. The molecule has 0 aliphatic carbocycles. The molecule has 20 heavy (non-hydrogen) atoms. The van der Waals surface area contributed by atoms with Gasteiger partial charge in [0, 0.05) is 17.3 Å². The lowest BCUT2D eigenvalue weighted by Gasteiger charge is -2.26. The van der Waals surface area contributed by atoms with Gasteiger partial charge in [0.2, 0.25) is 0 Å². The van der Waals surface area contributed by atoms with Crippen molar-refractivity contribution in [2.75, 3.05) is 5.32 Å². The highest BCUT2D eigenvalue weighted by molar-refractivity contribution is 7.09. The van der Waals surface area contributed by atoms with E-state index in [1.165, 1.54) is 11.3 Å². The quantitative estimate of drug-likeness (QED) is 0.904. The topological polar surface area (TPSA) is 75.1 Å². The van der Waals surface area contributed by atoms with Crippen LogP contribution in [0.3, 0.4) is 0 Å². The second kappa shape index (κ2) is 5.20. The van der Waals surface area contributed by atoms with Crippen LogP contribution in [0.1, 0.15) is 40.6 Å². The molecule has 106 valence electrons. The summed E-state index contributed by atoms with van der Waals surface area (Å²) in [6.07, 6.45) is 1.74. The standard InChI is InChI=1S/C14H17N3O2S/c1-8-7-10(11(12(18)19)9(2)16-8)17-14(3,4)13-15-5-6-20-13/h5-7H,1-4H3,(H,16,17)(H,18,19). The molecule has 2 heterocycles. The number of carboxylic acid groups (broad SMARTS) is 1. The third kappa shape index (κ3) is 2.80. The monoisotopic (exact) mass is 291 g/mol. The number of nitrogens with one attached hydrogen (secondary N) is 1. The number of thiazole rings is 1. The first kappa shape index (κ1) is 14.5. The molecule has 0 aliphatic heterocycles. The van der Waals surface area contributed by atoms with Gasteiger partial charge in [-0.2, -0.15) is 0 Å². The van der Waals surface area contributed by atoms with Gasteiger partial charge in [-0.3, -0.25) is 4.98 Å². The Balaban J connectivity index is 2.46. The van der Waals surface area contributed by atoms with Crippen LogP contribution in [0.15, 0.2) is 17.6 Å². The molecule has 0 unspecified atom stereocenters. The van der Waals surface area contributed by atoms with E-state index in [1.807, 2.05) is 26.2 Å². The van der Waals surface area contributed by atoms with E-state index in [0.29, 0.717) is 11.4 Å². The Kier molecular flexibility index (Phi) is 3.76. The third-order valence-corrected chi connectivity index (χ3v) is 4.05. The molecule has 0 aliphatic rings. The van der Waals surface area contributed by atoms with Crippen molar-refractivity contribution >= 4 is 23.0 Å². The highest BCUT2D eigenvalue weighted by Gasteiger charge is 2.26. The fourth-order valence-electron chi connectivity index (χ4n) is 2.12. The molecular weight excluding hydrogens is 274 g/mol. The number of carboxylic acids is 1.